The fraction of sp³-hybridized carbons (Fsp3) is 0.208. The predicted molar refractivity (Wildman–Crippen MR) is 123 cm³/mol. The predicted octanol–water partition coefficient (Wildman–Crippen LogP) is 5.07. The lowest BCUT2D eigenvalue weighted by atomic mass is 10.2. The van der Waals surface area contributed by atoms with Crippen molar-refractivity contribution in [2.75, 3.05) is 19.0 Å². The van der Waals surface area contributed by atoms with E-state index in [0.717, 1.165) is 27.8 Å². The number of ether oxygens (including phenoxy) is 2. The van der Waals surface area contributed by atoms with Crippen molar-refractivity contribution in [1.82, 2.24) is 5.32 Å². The van der Waals surface area contributed by atoms with E-state index in [1.54, 1.807) is 7.11 Å². The Labute approximate surface area is 185 Å². The summed E-state index contributed by atoms with van der Waals surface area (Å²) in [6.07, 6.45) is 0. The minimum Gasteiger partial charge on any atom is -0.493 e. The van der Waals surface area contributed by atoms with E-state index in [1.165, 1.54) is 5.56 Å². The molecule has 0 spiro atoms. The van der Waals surface area contributed by atoms with Crippen molar-refractivity contribution >= 4 is 27.5 Å². The maximum Gasteiger partial charge on any atom is 0.262 e. The van der Waals surface area contributed by atoms with Gasteiger partial charge in [-0.3, -0.25) is 4.79 Å². The van der Waals surface area contributed by atoms with E-state index in [9.17, 15) is 4.79 Å². The van der Waals surface area contributed by atoms with Gasteiger partial charge in [-0.2, -0.15) is 0 Å². The standard InChI is InChI=1S/C24H25BrN2O3/c1-17-8-10-20(11-9-17)27-23(28)16-30-24-21(25)12-19(13-22(24)29-2)15-26-14-18-6-4-3-5-7-18/h3-13,26H,14-16H2,1-2H3,(H,27,28). The second-order valence-corrected chi connectivity index (χ2v) is 7.76. The summed E-state index contributed by atoms with van der Waals surface area (Å²) >= 11 is 3.54. The number of carbonyl (C=O) groups excluding carboxylic acids is 1. The molecule has 5 nitrogen and oxygen atoms in total. The monoisotopic (exact) mass is 468 g/mol. The molecule has 0 radical (unpaired) electrons. The van der Waals surface area contributed by atoms with Crippen molar-refractivity contribution in [3.8, 4) is 11.5 Å². The molecule has 3 aromatic carbocycles. The molecule has 0 aliphatic heterocycles. The lowest BCUT2D eigenvalue weighted by Gasteiger charge is -2.15. The zero-order valence-corrected chi connectivity index (χ0v) is 18.7. The van der Waals surface area contributed by atoms with Crippen LogP contribution in [0, 0.1) is 6.92 Å². The smallest absolute Gasteiger partial charge is 0.262 e. The third kappa shape index (κ3) is 6.34. The van der Waals surface area contributed by atoms with E-state index in [0.29, 0.717) is 18.0 Å². The molecule has 0 saturated heterocycles. The molecule has 30 heavy (non-hydrogen) atoms. The van der Waals surface area contributed by atoms with E-state index in [1.807, 2.05) is 61.5 Å². The van der Waals surface area contributed by atoms with Crippen LogP contribution in [0.4, 0.5) is 5.69 Å². The number of halogens is 1. The van der Waals surface area contributed by atoms with E-state index in [4.69, 9.17) is 9.47 Å². The highest BCUT2D eigenvalue weighted by Gasteiger charge is 2.14. The first kappa shape index (κ1) is 21.9. The van der Waals surface area contributed by atoms with Crippen LogP contribution in [0.25, 0.3) is 0 Å². The van der Waals surface area contributed by atoms with Gasteiger partial charge in [-0.25, -0.2) is 0 Å². The van der Waals surface area contributed by atoms with Crippen LogP contribution in [0.15, 0.2) is 71.2 Å². The number of nitrogens with one attached hydrogen (secondary N) is 2. The maximum atomic E-state index is 12.2. The van der Waals surface area contributed by atoms with Crippen LogP contribution in [0.1, 0.15) is 16.7 Å². The molecule has 3 rings (SSSR count). The maximum absolute atomic E-state index is 12.2. The Morgan fingerprint density at radius 3 is 2.37 bits per heavy atom. The minimum atomic E-state index is -0.235. The molecular weight excluding hydrogens is 444 g/mol. The Hall–Kier alpha value is -2.83. The van der Waals surface area contributed by atoms with Gasteiger partial charge in [0.1, 0.15) is 0 Å². The first-order valence-corrected chi connectivity index (χ1v) is 10.4. The van der Waals surface area contributed by atoms with Gasteiger partial charge in [0.25, 0.3) is 5.91 Å². The van der Waals surface area contributed by atoms with Crippen LogP contribution in [0.3, 0.4) is 0 Å². The Kier molecular flexibility index (Phi) is 7.88. The van der Waals surface area contributed by atoms with Gasteiger partial charge in [0, 0.05) is 18.8 Å². The van der Waals surface area contributed by atoms with E-state index in [-0.39, 0.29) is 12.5 Å². The van der Waals surface area contributed by atoms with Crippen LogP contribution in [-0.4, -0.2) is 19.6 Å². The van der Waals surface area contributed by atoms with E-state index >= 15 is 0 Å². The third-order valence-electron chi connectivity index (χ3n) is 4.47. The Morgan fingerprint density at radius 1 is 0.967 bits per heavy atom. The summed E-state index contributed by atoms with van der Waals surface area (Å²) in [6, 6.07) is 21.7. The quantitative estimate of drug-likeness (QED) is 0.459. The summed E-state index contributed by atoms with van der Waals surface area (Å²) in [4.78, 5) is 12.2. The van der Waals surface area contributed by atoms with Crippen molar-refractivity contribution in [3.05, 3.63) is 87.9 Å². The molecular formula is C24H25BrN2O3. The summed E-state index contributed by atoms with van der Waals surface area (Å²) in [5.74, 6) is 0.841. The molecule has 6 heteroatoms. The van der Waals surface area contributed by atoms with Crippen molar-refractivity contribution in [3.63, 3.8) is 0 Å². The Bertz CT molecular complexity index is 976. The lowest BCUT2D eigenvalue weighted by molar-refractivity contribution is -0.118. The first-order valence-electron chi connectivity index (χ1n) is 9.65. The number of methoxy groups -OCH3 is 1. The highest BCUT2D eigenvalue weighted by Crippen LogP contribution is 2.36. The largest absolute Gasteiger partial charge is 0.493 e. The molecule has 0 unspecified atom stereocenters. The molecule has 0 heterocycles. The van der Waals surface area contributed by atoms with Crippen LogP contribution in [0.5, 0.6) is 11.5 Å². The second kappa shape index (κ2) is 10.8. The Morgan fingerprint density at radius 2 is 1.67 bits per heavy atom. The summed E-state index contributed by atoms with van der Waals surface area (Å²) in [7, 11) is 1.59. The van der Waals surface area contributed by atoms with Crippen LogP contribution in [0.2, 0.25) is 0 Å². The molecule has 0 atom stereocenters. The van der Waals surface area contributed by atoms with Crippen LogP contribution >= 0.6 is 15.9 Å². The van der Waals surface area contributed by atoms with Crippen LogP contribution in [-0.2, 0) is 17.9 Å². The van der Waals surface area contributed by atoms with Crippen molar-refractivity contribution < 1.29 is 14.3 Å². The average Bonchev–Trinajstić information content (AvgIpc) is 2.75. The first-order chi connectivity index (χ1) is 14.5. The van der Waals surface area contributed by atoms with Gasteiger partial charge in [-0.05, 0) is 58.2 Å². The van der Waals surface area contributed by atoms with Crippen LogP contribution < -0.4 is 20.1 Å². The van der Waals surface area contributed by atoms with Crippen molar-refractivity contribution in [1.29, 1.82) is 0 Å². The van der Waals surface area contributed by atoms with Gasteiger partial charge in [-0.15, -0.1) is 0 Å². The van der Waals surface area contributed by atoms with Gasteiger partial charge in [0.2, 0.25) is 0 Å². The third-order valence-corrected chi connectivity index (χ3v) is 5.06. The summed E-state index contributed by atoms with van der Waals surface area (Å²) < 4.78 is 12.0. The molecule has 3 aromatic rings. The second-order valence-electron chi connectivity index (χ2n) is 6.90. The minimum absolute atomic E-state index is 0.117. The van der Waals surface area contributed by atoms with E-state index in [2.05, 4.69) is 38.7 Å². The average molecular weight is 469 g/mol. The Balaban J connectivity index is 1.57. The molecule has 2 N–H and O–H groups in total. The molecule has 0 saturated carbocycles. The number of benzene rings is 3. The van der Waals surface area contributed by atoms with Gasteiger partial charge in [0.05, 0.1) is 11.6 Å². The number of anilines is 1. The molecule has 1 amide bonds. The van der Waals surface area contributed by atoms with Gasteiger partial charge >= 0.3 is 0 Å². The summed E-state index contributed by atoms with van der Waals surface area (Å²) in [6.45, 7) is 3.34. The fourth-order valence-electron chi connectivity index (χ4n) is 2.93. The van der Waals surface area contributed by atoms with Gasteiger partial charge < -0.3 is 20.1 Å². The van der Waals surface area contributed by atoms with Crippen molar-refractivity contribution in [2.45, 2.75) is 20.0 Å². The van der Waals surface area contributed by atoms with Gasteiger partial charge in [-0.1, -0.05) is 48.0 Å². The number of amides is 1. The molecule has 0 aliphatic rings. The molecule has 0 bridgehead atoms. The number of aryl methyl sites for hydroxylation is 1. The van der Waals surface area contributed by atoms with Crippen molar-refractivity contribution in [2.24, 2.45) is 0 Å². The summed E-state index contributed by atoms with van der Waals surface area (Å²) in [5.41, 5.74) is 4.14. The molecule has 0 aliphatic carbocycles. The number of hydrogen-bond donors (Lipinski definition) is 2. The summed E-state index contributed by atoms with van der Waals surface area (Å²) in [5, 5.41) is 6.24. The highest BCUT2D eigenvalue weighted by molar-refractivity contribution is 9.10. The molecule has 156 valence electrons. The normalized spacial score (nSPS) is 10.5. The fourth-order valence-corrected chi connectivity index (χ4v) is 3.54. The number of rotatable bonds is 9. The zero-order valence-electron chi connectivity index (χ0n) is 17.1. The SMILES string of the molecule is COc1cc(CNCc2ccccc2)cc(Br)c1OCC(=O)Nc1ccc(C)cc1. The lowest BCUT2D eigenvalue weighted by Crippen LogP contribution is -2.20. The van der Waals surface area contributed by atoms with Gasteiger partial charge in [0.15, 0.2) is 18.1 Å². The number of hydrogen-bond acceptors (Lipinski definition) is 4. The topological polar surface area (TPSA) is 59.6 Å². The molecule has 0 aromatic heterocycles. The zero-order chi connectivity index (χ0) is 21.3. The molecule has 0 fully saturated rings. The number of carbonyl (C=O) groups is 1. The van der Waals surface area contributed by atoms with E-state index < -0.39 is 0 Å². The highest BCUT2D eigenvalue weighted by atomic mass is 79.9.